The molecule has 0 fully saturated rings. The highest BCUT2D eigenvalue weighted by Gasteiger charge is 2.24. The Morgan fingerprint density at radius 1 is 0.906 bits per heavy atom. The maximum absolute atomic E-state index is 13.3. The van der Waals surface area contributed by atoms with E-state index in [-0.39, 0.29) is 22.9 Å². The summed E-state index contributed by atoms with van der Waals surface area (Å²) in [6, 6.07) is 26.6. The molecule has 1 N–H and O–H groups in total. The maximum Gasteiger partial charge on any atom is 0.264 e. The highest BCUT2D eigenvalue weighted by atomic mass is 32.2. The van der Waals surface area contributed by atoms with Gasteiger partial charge in [0.05, 0.1) is 10.6 Å². The van der Waals surface area contributed by atoms with Gasteiger partial charge >= 0.3 is 0 Å². The summed E-state index contributed by atoms with van der Waals surface area (Å²) in [5.41, 5.74) is 2.44. The first-order valence-electron chi connectivity index (χ1n) is 10.1. The van der Waals surface area contributed by atoms with Crippen molar-refractivity contribution >= 4 is 38.6 Å². The molecule has 0 saturated carbocycles. The average Bonchev–Trinajstić information content (AvgIpc) is 3.35. The number of hydrogen-bond acceptors (Lipinski definition) is 4. The summed E-state index contributed by atoms with van der Waals surface area (Å²) in [5, 5.41) is 4.91. The fourth-order valence-corrected chi connectivity index (χ4v) is 5.73. The Bertz CT molecular complexity index is 1320. The third-order valence-corrected chi connectivity index (χ3v) is 7.78. The molecule has 1 amide bonds. The Kier molecular flexibility index (Phi) is 6.39. The molecule has 7 heteroatoms. The van der Waals surface area contributed by atoms with Crippen molar-refractivity contribution in [2.75, 3.05) is 16.2 Å². The van der Waals surface area contributed by atoms with Gasteiger partial charge in [0.2, 0.25) is 0 Å². The normalized spacial score (nSPS) is 11.2. The molecule has 5 nitrogen and oxygen atoms in total. The zero-order valence-electron chi connectivity index (χ0n) is 17.4. The first-order valence-corrected chi connectivity index (χ1v) is 12.4. The van der Waals surface area contributed by atoms with E-state index in [9.17, 15) is 13.2 Å². The minimum absolute atomic E-state index is 0.0717. The average molecular weight is 463 g/mol. The number of rotatable bonds is 7. The number of hydrogen-bond donors (Lipinski definition) is 1. The first-order chi connectivity index (χ1) is 15.5. The van der Waals surface area contributed by atoms with Crippen molar-refractivity contribution in [2.24, 2.45) is 0 Å². The number of benzene rings is 3. The maximum atomic E-state index is 13.3. The Hall–Kier alpha value is -3.42. The molecular formula is C25H22N2O3S2. The molecule has 3 aromatic carbocycles. The molecule has 1 aromatic heterocycles. The predicted molar refractivity (Wildman–Crippen MR) is 131 cm³/mol. The zero-order chi connectivity index (χ0) is 22.6. The lowest BCUT2D eigenvalue weighted by atomic mass is 10.1. The van der Waals surface area contributed by atoms with Crippen molar-refractivity contribution in [1.29, 1.82) is 0 Å². The SMILES string of the molecule is CCN(c1ccccc1)S(=O)(=O)c1cccc(C(=O)Nc2ccccc2-c2cccs2)c1. The van der Waals surface area contributed by atoms with Crippen molar-refractivity contribution in [2.45, 2.75) is 11.8 Å². The van der Waals surface area contributed by atoms with E-state index in [0.29, 0.717) is 11.4 Å². The van der Waals surface area contributed by atoms with Crippen LogP contribution in [0.1, 0.15) is 17.3 Å². The molecule has 0 unspecified atom stereocenters. The standard InChI is InChI=1S/C25H22N2O3S2/c1-2-27(20-11-4-3-5-12-20)32(29,30)21-13-8-10-19(18-21)25(28)26-23-15-7-6-14-22(23)24-16-9-17-31-24/h3-18H,2H2,1H3,(H,26,28). The van der Waals surface area contributed by atoms with Crippen molar-refractivity contribution in [1.82, 2.24) is 0 Å². The van der Waals surface area contributed by atoms with Crippen LogP contribution in [0, 0.1) is 0 Å². The van der Waals surface area contributed by atoms with Gasteiger partial charge in [-0.15, -0.1) is 11.3 Å². The molecule has 4 rings (SSSR count). The van der Waals surface area contributed by atoms with Crippen LogP contribution in [0.15, 0.2) is 101 Å². The second-order valence-corrected chi connectivity index (χ2v) is 9.82. The number of amides is 1. The molecule has 0 aliphatic rings. The smallest absolute Gasteiger partial charge is 0.264 e. The monoisotopic (exact) mass is 462 g/mol. The number of thiophene rings is 1. The summed E-state index contributed by atoms with van der Waals surface area (Å²) >= 11 is 1.59. The van der Waals surface area contributed by atoms with Crippen LogP contribution >= 0.6 is 11.3 Å². The lowest BCUT2D eigenvalue weighted by molar-refractivity contribution is 0.102. The van der Waals surface area contributed by atoms with Crippen molar-refractivity contribution in [3.05, 3.63) is 102 Å². The number of anilines is 2. The zero-order valence-corrected chi connectivity index (χ0v) is 19.1. The molecule has 162 valence electrons. The summed E-state index contributed by atoms with van der Waals surface area (Å²) in [7, 11) is -3.82. The van der Waals surface area contributed by atoms with Crippen LogP contribution in [-0.4, -0.2) is 20.9 Å². The molecule has 0 saturated heterocycles. The van der Waals surface area contributed by atoms with Gasteiger partial charge in [0.25, 0.3) is 15.9 Å². The molecule has 0 aliphatic carbocycles. The summed E-state index contributed by atoms with van der Waals surface area (Å²) in [4.78, 5) is 14.1. The Balaban J connectivity index is 1.63. The van der Waals surface area contributed by atoms with E-state index in [1.807, 2.05) is 47.8 Å². The van der Waals surface area contributed by atoms with Crippen molar-refractivity contribution in [3.63, 3.8) is 0 Å². The lowest BCUT2D eigenvalue weighted by Crippen LogP contribution is -2.31. The fraction of sp³-hybridized carbons (Fsp3) is 0.0800. The highest BCUT2D eigenvalue weighted by Crippen LogP contribution is 2.32. The Morgan fingerprint density at radius 3 is 2.38 bits per heavy atom. The predicted octanol–water partition coefficient (Wildman–Crippen LogP) is 5.88. The van der Waals surface area contributed by atoms with Gasteiger partial charge in [0.1, 0.15) is 0 Å². The largest absolute Gasteiger partial charge is 0.321 e. The molecule has 0 spiro atoms. The van der Waals surface area contributed by atoms with E-state index in [2.05, 4.69) is 5.32 Å². The molecular weight excluding hydrogens is 440 g/mol. The second-order valence-electron chi connectivity index (χ2n) is 7.01. The van der Waals surface area contributed by atoms with Crippen molar-refractivity contribution < 1.29 is 13.2 Å². The number of carbonyl (C=O) groups excluding carboxylic acids is 1. The van der Waals surface area contributed by atoms with E-state index < -0.39 is 10.0 Å². The summed E-state index contributed by atoms with van der Waals surface area (Å²) in [6.07, 6.45) is 0. The Labute approximate surface area is 192 Å². The van der Waals surface area contributed by atoms with Gasteiger partial charge in [0.15, 0.2) is 0 Å². The van der Waals surface area contributed by atoms with Crippen LogP contribution in [0.3, 0.4) is 0 Å². The quantitative estimate of drug-likeness (QED) is 0.373. The van der Waals surface area contributed by atoms with E-state index in [1.165, 1.54) is 16.4 Å². The van der Waals surface area contributed by atoms with Crippen LogP contribution in [0.5, 0.6) is 0 Å². The molecule has 0 aliphatic heterocycles. The van der Waals surface area contributed by atoms with E-state index in [4.69, 9.17) is 0 Å². The molecule has 0 radical (unpaired) electrons. The van der Waals surface area contributed by atoms with Gasteiger partial charge in [-0.05, 0) is 54.8 Å². The third kappa shape index (κ3) is 4.44. The Morgan fingerprint density at radius 2 is 1.66 bits per heavy atom. The molecule has 0 bridgehead atoms. The number of para-hydroxylation sites is 2. The number of nitrogens with one attached hydrogen (secondary N) is 1. The second kappa shape index (κ2) is 9.38. The van der Waals surface area contributed by atoms with Crippen LogP contribution < -0.4 is 9.62 Å². The summed E-state index contributed by atoms with van der Waals surface area (Å²) in [6.45, 7) is 2.06. The first kappa shape index (κ1) is 21.8. The summed E-state index contributed by atoms with van der Waals surface area (Å²) < 4.78 is 27.9. The van der Waals surface area contributed by atoms with Crippen molar-refractivity contribution in [3.8, 4) is 10.4 Å². The number of nitrogens with zero attached hydrogens (tertiary/aromatic N) is 1. The van der Waals surface area contributed by atoms with E-state index in [0.717, 1.165) is 10.4 Å². The van der Waals surface area contributed by atoms with Gasteiger partial charge in [-0.1, -0.05) is 48.5 Å². The van der Waals surface area contributed by atoms with E-state index >= 15 is 0 Å². The molecule has 0 atom stereocenters. The third-order valence-electron chi connectivity index (χ3n) is 4.98. The number of sulfonamides is 1. The highest BCUT2D eigenvalue weighted by molar-refractivity contribution is 7.92. The topological polar surface area (TPSA) is 66.5 Å². The minimum atomic E-state index is -3.82. The molecule has 4 aromatic rings. The summed E-state index contributed by atoms with van der Waals surface area (Å²) in [5.74, 6) is -0.367. The van der Waals surface area contributed by atoms with Crippen LogP contribution in [0.4, 0.5) is 11.4 Å². The molecule has 1 heterocycles. The minimum Gasteiger partial charge on any atom is -0.321 e. The lowest BCUT2D eigenvalue weighted by Gasteiger charge is -2.23. The van der Waals surface area contributed by atoms with E-state index in [1.54, 1.807) is 54.7 Å². The van der Waals surface area contributed by atoms with Gasteiger partial charge in [-0.2, -0.15) is 0 Å². The van der Waals surface area contributed by atoms with Gasteiger partial charge < -0.3 is 5.32 Å². The van der Waals surface area contributed by atoms with Gasteiger partial charge in [-0.25, -0.2) is 8.42 Å². The van der Waals surface area contributed by atoms with Crippen LogP contribution in [-0.2, 0) is 10.0 Å². The van der Waals surface area contributed by atoms with Gasteiger partial charge in [0, 0.05) is 28.2 Å². The van der Waals surface area contributed by atoms with Gasteiger partial charge in [-0.3, -0.25) is 9.10 Å². The van der Waals surface area contributed by atoms with Crippen LogP contribution in [0.2, 0.25) is 0 Å². The molecule has 32 heavy (non-hydrogen) atoms. The number of carbonyl (C=O) groups is 1. The van der Waals surface area contributed by atoms with Crippen LogP contribution in [0.25, 0.3) is 10.4 Å². The fourth-order valence-electron chi connectivity index (χ4n) is 3.44.